The van der Waals surface area contributed by atoms with Gasteiger partial charge in [0, 0.05) is 13.1 Å². The van der Waals surface area contributed by atoms with E-state index >= 15 is 0 Å². The SMILES string of the molecule is C[C@@H]1CCN(Cc2ccccc2)C[C@@H]1C. The van der Waals surface area contributed by atoms with Gasteiger partial charge in [-0.05, 0) is 30.4 Å². The van der Waals surface area contributed by atoms with Gasteiger partial charge in [0.25, 0.3) is 0 Å². The highest BCUT2D eigenvalue weighted by atomic mass is 15.1. The zero-order valence-electron chi connectivity index (χ0n) is 9.82. The van der Waals surface area contributed by atoms with E-state index in [2.05, 4.69) is 49.1 Å². The maximum absolute atomic E-state index is 2.58. The van der Waals surface area contributed by atoms with Gasteiger partial charge in [-0.15, -0.1) is 0 Å². The van der Waals surface area contributed by atoms with Crippen LogP contribution in [0.2, 0.25) is 0 Å². The molecule has 0 amide bonds. The largest absolute Gasteiger partial charge is 0.299 e. The first-order valence-corrected chi connectivity index (χ1v) is 6.02. The number of rotatable bonds is 2. The van der Waals surface area contributed by atoms with Crippen molar-refractivity contribution in [1.29, 1.82) is 0 Å². The maximum atomic E-state index is 2.58. The van der Waals surface area contributed by atoms with Gasteiger partial charge in [-0.3, -0.25) is 4.90 Å². The van der Waals surface area contributed by atoms with Gasteiger partial charge in [0.15, 0.2) is 0 Å². The highest BCUT2D eigenvalue weighted by Gasteiger charge is 2.22. The van der Waals surface area contributed by atoms with E-state index in [1.807, 2.05) is 0 Å². The smallest absolute Gasteiger partial charge is 0.0233 e. The Morgan fingerprint density at radius 1 is 1.13 bits per heavy atom. The Kier molecular flexibility index (Phi) is 3.42. The van der Waals surface area contributed by atoms with Gasteiger partial charge in [0.1, 0.15) is 0 Å². The normalized spacial score (nSPS) is 27.9. The molecule has 0 N–H and O–H groups in total. The molecule has 1 heterocycles. The van der Waals surface area contributed by atoms with Crippen molar-refractivity contribution in [3.8, 4) is 0 Å². The van der Waals surface area contributed by atoms with Crippen LogP contribution in [0.4, 0.5) is 0 Å². The van der Waals surface area contributed by atoms with Gasteiger partial charge >= 0.3 is 0 Å². The van der Waals surface area contributed by atoms with Crippen LogP contribution in [0.1, 0.15) is 25.8 Å². The van der Waals surface area contributed by atoms with Crippen LogP contribution >= 0.6 is 0 Å². The molecule has 82 valence electrons. The summed E-state index contributed by atoms with van der Waals surface area (Å²) in [5.74, 6) is 1.75. The highest BCUT2D eigenvalue weighted by molar-refractivity contribution is 5.14. The number of hydrogen-bond acceptors (Lipinski definition) is 1. The minimum Gasteiger partial charge on any atom is -0.299 e. The van der Waals surface area contributed by atoms with Gasteiger partial charge in [0.05, 0.1) is 0 Å². The molecule has 1 saturated heterocycles. The van der Waals surface area contributed by atoms with Crippen molar-refractivity contribution in [2.75, 3.05) is 13.1 Å². The number of hydrogen-bond donors (Lipinski definition) is 0. The van der Waals surface area contributed by atoms with E-state index in [9.17, 15) is 0 Å². The summed E-state index contributed by atoms with van der Waals surface area (Å²) in [5.41, 5.74) is 1.44. The van der Waals surface area contributed by atoms with Crippen molar-refractivity contribution < 1.29 is 0 Å². The van der Waals surface area contributed by atoms with Crippen LogP contribution in [0.25, 0.3) is 0 Å². The number of piperidine rings is 1. The molecular formula is C14H21N. The quantitative estimate of drug-likeness (QED) is 0.713. The maximum Gasteiger partial charge on any atom is 0.0233 e. The molecule has 1 aromatic rings. The second-order valence-electron chi connectivity index (χ2n) is 4.96. The van der Waals surface area contributed by atoms with E-state index in [0.29, 0.717) is 0 Å². The summed E-state index contributed by atoms with van der Waals surface area (Å²) in [6.07, 6.45) is 1.36. The Labute approximate surface area is 93.1 Å². The van der Waals surface area contributed by atoms with Gasteiger partial charge in [-0.25, -0.2) is 0 Å². The summed E-state index contributed by atoms with van der Waals surface area (Å²) in [5, 5.41) is 0. The van der Waals surface area contributed by atoms with E-state index in [0.717, 1.165) is 18.4 Å². The lowest BCUT2D eigenvalue weighted by molar-refractivity contribution is 0.132. The van der Waals surface area contributed by atoms with Gasteiger partial charge in [-0.1, -0.05) is 44.2 Å². The van der Waals surface area contributed by atoms with Crippen LogP contribution in [-0.4, -0.2) is 18.0 Å². The number of benzene rings is 1. The number of likely N-dealkylation sites (tertiary alicyclic amines) is 1. The molecule has 1 heteroatoms. The van der Waals surface area contributed by atoms with Crippen LogP contribution in [0.15, 0.2) is 30.3 Å². The summed E-state index contributed by atoms with van der Waals surface area (Å²) in [6, 6.07) is 10.8. The van der Waals surface area contributed by atoms with Crippen LogP contribution < -0.4 is 0 Å². The zero-order valence-corrected chi connectivity index (χ0v) is 9.82. The molecule has 1 nitrogen and oxygen atoms in total. The fourth-order valence-corrected chi connectivity index (χ4v) is 2.33. The van der Waals surface area contributed by atoms with Crippen molar-refractivity contribution in [2.24, 2.45) is 11.8 Å². The van der Waals surface area contributed by atoms with E-state index in [1.165, 1.54) is 25.1 Å². The zero-order chi connectivity index (χ0) is 10.7. The van der Waals surface area contributed by atoms with Crippen molar-refractivity contribution in [3.05, 3.63) is 35.9 Å². The third kappa shape index (κ3) is 2.82. The molecule has 0 aromatic heterocycles. The molecule has 1 aromatic carbocycles. The molecule has 15 heavy (non-hydrogen) atoms. The minimum absolute atomic E-state index is 0.850. The lowest BCUT2D eigenvalue weighted by Crippen LogP contribution is -2.37. The second kappa shape index (κ2) is 4.80. The van der Waals surface area contributed by atoms with Crippen molar-refractivity contribution in [3.63, 3.8) is 0 Å². The van der Waals surface area contributed by atoms with Crippen LogP contribution in [0.5, 0.6) is 0 Å². The van der Waals surface area contributed by atoms with Crippen molar-refractivity contribution in [1.82, 2.24) is 4.90 Å². The molecule has 0 unspecified atom stereocenters. The van der Waals surface area contributed by atoms with Crippen LogP contribution in [-0.2, 0) is 6.54 Å². The summed E-state index contributed by atoms with van der Waals surface area (Å²) in [6.45, 7) is 8.40. The van der Waals surface area contributed by atoms with E-state index in [-0.39, 0.29) is 0 Å². The molecule has 0 radical (unpaired) electrons. The van der Waals surface area contributed by atoms with Gasteiger partial charge < -0.3 is 0 Å². The first kappa shape index (κ1) is 10.7. The predicted octanol–water partition coefficient (Wildman–Crippen LogP) is 3.16. The summed E-state index contributed by atoms with van der Waals surface area (Å²) < 4.78 is 0. The molecule has 0 aliphatic carbocycles. The number of nitrogens with zero attached hydrogens (tertiary/aromatic N) is 1. The standard InChI is InChI=1S/C14H21N/c1-12-8-9-15(10-13(12)2)11-14-6-4-3-5-7-14/h3-7,12-13H,8-11H2,1-2H3/t12-,13+/m1/s1. The molecule has 1 fully saturated rings. The first-order chi connectivity index (χ1) is 7.25. The molecule has 2 atom stereocenters. The lowest BCUT2D eigenvalue weighted by atomic mass is 9.88. The molecule has 0 saturated carbocycles. The first-order valence-electron chi connectivity index (χ1n) is 6.02. The van der Waals surface area contributed by atoms with E-state index in [4.69, 9.17) is 0 Å². The predicted molar refractivity (Wildman–Crippen MR) is 64.7 cm³/mol. The third-order valence-corrected chi connectivity index (χ3v) is 3.67. The Morgan fingerprint density at radius 2 is 1.87 bits per heavy atom. The fourth-order valence-electron chi connectivity index (χ4n) is 2.33. The summed E-state index contributed by atoms with van der Waals surface area (Å²) in [4.78, 5) is 2.58. The minimum atomic E-state index is 0.850. The Bertz CT molecular complexity index is 293. The van der Waals surface area contributed by atoms with Crippen LogP contribution in [0.3, 0.4) is 0 Å². The fraction of sp³-hybridized carbons (Fsp3) is 0.571. The topological polar surface area (TPSA) is 3.24 Å². The molecule has 1 aliphatic heterocycles. The van der Waals surface area contributed by atoms with Gasteiger partial charge in [0.2, 0.25) is 0 Å². The summed E-state index contributed by atoms with van der Waals surface area (Å²) in [7, 11) is 0. The third-order valence-electron chi connectivity index (χ3n) is 3.67. The second-order valence-corrected chi connectivity index (χ2v) is 4.96. The van der Waals surface area contributed by atoms with Crippen molar-refractivity contribution in [2.45, 2.75) is 26.8 Å². The average Bonchev–Trinajstić information content (AvgIpc) is 2.25. The van der Waals surface area contributed by atoms with Gasteiger partial charge in [-0.2, -0.15) is 0 Å². The molecule has 0 spiro atoms. The Morgan fingerprint density at radius 3 is 2.53 bits per heavy atom. The Balaban J connectivity index is 1.91. The molecular weight excluding hydrogens is 182 g/mol. The highest BCUT2D eigenvalue weighted by Crippen LogP contribution is 2.23. The lowest BCUT2D eigenvalue weighted by Gasteiger charge is -2.35. The molecule has 0 bridgehead atoms. The van der Waals surface area contributed by atoms with E-state index < -0.39 is 0 Å². The van der Waals surface area contributed by atoms with Crippen LogP contribution in [0, 0.1) is 11.8 Å². The van der Waals surface area contributed by atoms with E-state index in [1.54, 1.807) is 0 Å². The summed E-state index contributed by atoms with van der Waals surface area (Å²) >= 11 is 0. The Hall–Kier alpha value is -0.820. The molecule has 2 rings (SSSR count). The monoisotopic (exact) mass is 203 g/mol. The van der Waals surface area contributed by atoms with Crippen molar-refractivity contribution >= 4 is 0 Å². The average molecular weight is 203 g/mol. The molecule has 1 aliphatic rings.